The Morgan fingerprint density at radius 3 is 2.50 bits per heavy atom. The molecule has 1 aromatic heterocycles. The molecular formula is C13H11Cl2N3O2. The minimum atomic E-state index is -0.508. The van der Waals surface area contributed by atoms with Gasteiger partial charge in [-0.3, -0.25) is 10.1 Å². The van der Waals surface area contributed by atoms with Crippen molar-refractivity contribution < 1.29 is 4.92 Å². The molecule has 0 aliphatic rings. The standard InChI is InChI=1S/C13H11Cl2N3O2/c1-8(9-2-4-10(14)5-3-9)16-13-7-11(18(19)20)6-12(15)17-13/h2-8H,1H3,(H,16,17). The molecule has 0 fully saturated rings. The third-order valence-electron chi connectivity index (χ3n) is 2.72. The van der Waals surface area contributed by atoms with Crippen molar-refractivity contribution in [2.45, 2.75) is 13.0 Å². The van der Waals surface area contributed by atoms with E-state index in [4.69, 9.17) is 23.2 Å². The molecule has 5 nitrogen and oxygen atoms in total. The fourth-order valence-corrected chi connectivity index (χ4v) is 2.05. The number of anilines is 1. The maximum atomic E-state index is 10.8. The number of rotatable bonds is 4. The first-order chi connectivity index (χ1) is 9.45. The minimum Gasteiger partial charge on any atom is -0.363 e. The van der Waals surface area contributed by atoms with Crippen LogP contribution < -0.4 is 5.32 Å². The summed E-state index contributed by atoms with van der Waals surface area (Å²) in [5.41, 5.74) is 0.884. The van der Waals surface area contributed by atoms with Crippen LogP contribution in [0.1, 0.15) is 18.5 Å². The average molecular weight is 312 g/mol. The summed E-state index contributed by atoms with van der Waals surface area (Å²) in [6, 6.07) is 9.78. The van der Waals surface area contributed by atoms with Crippen molar-refractivity contribution in [1.29, 1.82) is 0 Å². The van der Waals surface area contributed by atoms with E-state index in [1.54, 1.807) is 12.1 Å². The number of nitrogens with zero attached hydrogens (tertiary/aromatic N) is 2. The predicted molar refractivity (Wildman–Crippen MR) is 79.4 cm³/mol. The summed E-state index contributed by atoms with van der Waals surface area (Å²) in [5, 5.41) is 14.6. The van der Waals surface area contributed by atoms with Gasteiger partial charge in [0.05, 0.1) is 17.1 Å². The number of nitrogens with one attached hydrogen (secondary N) is 1. The number of pyridine rings is 1. The molecule has 0 radical (unpaired) electrons. The highest BCUT2D eigenvalue weighted by atomic mass is 35.5. The minimum absolute atomic E-state index is 0.0741. The van der Waals surface area contributed by atoms with Gasteiger partial charge >= 0.3 is 0 Å². The van der Waals surface area contributed by atoms with Gasteiger partial charge in [-0.05, 0) is 24.6 Å². The number of benzene rings is 1. The molecule has 0 saturated heterocycles. The molecular weight excluding hydrogens is 301 g/mol. The van der Waals surface area contributed by atoms with E-state index in [-0.39, 0.29) is 16.9 Å². The van der Waals surface area contributed by atoms with Crippen LogP contribution in [-0.4, -0.2) is 9.91 Å². The lowest BCUT2D eigenvalue weighted by molar-refractivity contribution is -0.384. The molecule has 2 rings (SSSR count). The summed E-state index contributed by atoms with van der Waals surface area (Å²) in [6.45, 7) is 1.91. The maximum absolute atomic E-state index is 10.8. The molecule has 7 heteroatoms. The molecule has 1 aromatic carbocycles. The van der Waals surface area contributed by atoms with E-state index in [1.165, 1.54) is 12.1 Å². The molecule has 1 unspecified atom stereocenters. The number of aromatic nitrogens is 1. The van der Waals surface area contributed by atoms with Crippen LogP contribution in [0.15, 0.2) is 36.4 Å². The van der Waals surface area contributed by atoms with Crippen LogP contribution in [-0.2, 0) is 0 Å². The Morgan fingerprint density at radius 1 is 1.25 bits per heavy atom. The lowest BCUT2D eigenvalue weighted by Crippen LogP contribution is -2.08. The van der Waals surface area contributed by atoms with E-state index < -0.39 is 4.92 Å². The van der Waals surface area contributed by atoms with Crippen LogP contribution in [0.2, 0.25) is 10.2 Å². The fourth-order valence-electron chi connectivity index (χ4n) is 1.72. The van der Waals surface area contributed by atoms with Crippen molar-refractivity contribution in [3.63, 3.8) is 0 Å². The van der Waals surface area contributed by atoms with Gasteiger partial charge in [0.1, 0.15) is 11.0 Å². The number of halogens is 2. The van der Waals surface area contributed by atoms with Gasteiger partial charge in [-0.1, -0.05) is 35.3 Å². The Hall–Kier alpha value is -1.85. The Labute approximate surface area is 125 Å². The maximum Gasteiger partial charge on any atom is 0.276 e. The van der Waals surface area contributed by atoms with Crippen LogP contribution >= 0.6 is 23.2 Å². The van der Waals surface area contributed by atoms with Gasteiger partial charge in [0.25, 0.3) is 5.69 Å². The largest absolute Gasteiger partial charge is 0.363 e. The molecule has 0 spiro atoms. The summed E-state index contributed by atoms with van der Waals surface area (Å²) in [4.78, 5) is 14.3. The Kier molecular flexibility index (Phi) is 4.42. The van der Waals surface area contributed by atoms with E-state index in [0.717, 1.165) is 5.56 Å². The van der Waals surface area contributed by atoms with Gasteiger partial charge in [0.15, 0.2) is 0 Å². The lowest BCUT2D eigenvalue weighted by Gasteiger charge is -2.15. The first-order valence-corrected chi connectivity index (χ1v) is 6.55. The van der Waals surface area contributed by atoms with Gasteiger partial charge in [0.2, 0.25) is 0 Å². The molecule has 1 N–H and O–H groups in total. The average Bonchev–Trinajstić information content (AvgIpc) is 2.38. The quantitative estimate of drug-likeness (QED) is 0.514. The Morgan fingerprint density at radius 2 is 1.90 bits per heavy atom. The van der Waals surface area contributed by atoms with Crippen LogP contribution in [0.4, 0.5) is 11.5 Å². The van der Waals surface area contributed by atoms with Gasteiger partial charge in [0, 0.05) is 11.1 Å². The zero-order valence-electron chi connectivity index (χ0n) is 10.5. The van der Waals surface area contributed by atoms with Crippen LogP contribution in [0.5, 0.6) is 0 Å². The first kappa shape index (κ1) is 14.6. The lowest BCUT2D eigenvalue weighted by atomic mass is 10.1. The predicted octanol–water partition coefficient (Wildman–Crippen LogP) is 4.47. The topological polar surface area (TPSA) is 68.1 Å². The molecule has 2 aromatic rings. The van der Waals surface area contributed by atoms with Gasteiger partial charge in [-0.25, -0.2) is 4.98 Å². The zero-order valence-corrected chi connectivity index (χ0v) is 12.0. The van der Waals surface area contributed by atoms with Crippen LogP contribution in [0.3, 0.4) is 0 Å². The van der Waals surface area contributed by atoms with Crippen molar-refractivity contribution in [3.8, 4) is 0 Å². The fraction of sp³-hybridized carbons (Fsp3) is 0.154. The van der Waals surface area contributed by atoms with E-state index in [1.807, 2.05) is 19.1 Å². The van der Waals surface area contributed by atoms with E-state index in [0.29, 0.717) is 10.8 Å². The second kappa shape index (κ2) is 6.07. The Bertz CT molecular complexity index is 632. The highest BCUT2D eigenvalue weighted by molar-refractivity contribution is 6.30. The first-order valence-electron chi connectivity index (χ1n) is 5.79. The second-order valence-electron chi connectivity index (χ2n) is 4.21. The molecule has 0 amide bonds. The molecule has 1 heterocycles. The molecule has 0 aliphatic heterocycles. The smallest absolute Gasteiger partial charge is 0.276 e. The highest BCUT2D eigenvalue weighted by Gasteiger charge is 2.12. The zero-order chi connectivity index (χ0) is 14.7. The SMILES string of the molecule is CC(Nc1cc([N+](=O)[O-])cc(Cl)n1)c1ccc(Cl)cc1. The summed E-state index contributed by atoms with van der Waals surface area (Å²) in [6.07, 6.45) is 0. The summed E-state index contributed by atoms with van der Waals surface area (Å²) < 4.78 is 0. The van der Waals surface area contributed by atoms with Crippen molar-refractivity contribution in [2.75, 3.05) is 5.32 Å². The Balaban J connectivity index is 2.21. The number of hydrogen-bond donors (Lipinski definition) is 1. The monoisotopic (exact) mass is 311 g/mol. The molecule has 0 aliphatic carbocycles. The van der Waals surface area contributed by atoms with Gasteiger partial charge in [-0.2, -0.15) is 0 Å². The number of nitro groups is 1. The van der Waals surface area contributed by atoms with E-state index in [9.17, 15) is 10.1 Å². The van der Waals surface area contributed by atoms with Crippen LogP contribution in [0.25, 0.3) is 0 Å². The van der Waals surface area contributed by atoms with Crippen molar-refractivity contribution >= 4 is 34.7 Å². The summed E-state index contributed by atoms with van der Waals surface area (Å²) in [5.74, 6) is 0.353. The third kappa shape index (κ3) is 3.59. The van der Waals surface area contributed by atoms with Crippen LogP contribution in [0, 0.1) is 10.1 Å². The highest BCUT2D eigenvalue weighted by Crippen LogP contribution is 2.24. The van der Waals surface area contributed by atoms with Gasteiger partial charge < -0.3 is 5.32 Å². The summed E-state index contributed by atoms with van der Waals surface area (Å²) >= 11 is 11.6. The van der Waals surface area contributed by atoms with E-state index in [2.05, 4.69) is 10.3 Å². The van der Waals surface area contributed by atoms with Gasteiger partial charge in [-0.15, -0.1) is 0 Å². The molecule has 104 valence electrons. The van der Waals surface area contributed by atoms with Crippen molar-refractivity contribution in [3.05, 3.63) is 62.3 Å². The molecule has 20 heavy (non-hydrogen) atoms. The normalized spacial score (nSPS) is 11.9. The number of hydrogen-bond acceptors (Lipinski definition) is 4. The molecule has 1 atom stereocenters. The second-order valence-corrected chi connectivity index (χ2v) is 5.03. The van der Waals surface area contributed by atoms with Crippen molar-refractivity contribution in [1.82, 2.24) is 4.98 Å². The van der Waals surface area contributed by atoms with Crippen molar-refractivity contribution in [2.24, 2.45) is 0 Å². The van der Waals surface area contributed by atoms with E-state index >= 15 is 0 Å². The third-order valence-corrected chi connectivity index (χ3v) is 3.17. The molecule has 0 saturated carbocycles. The summed E-state index contributed by atoms with van der Waals surface area (Å²) in [7, 11) is 0. The molecule has 0 bridgehead atoms.